The highest BCUT2D eigenvalue weighted by atomic mass is 127. The Morgan fingerprint density at radius 2 is 1.61 bits per heavy atom. The largest absolute Gasteiger partial charge is 0.673 e. The van der Waals surface area contributed by atoms with Gasteiger partial charge in [0.05, 0.1) is 0 Å². The second-order valence-corrected chi connectivity index (χ2v) is 6.08. The molecule has 0 bridgehead atoms. The summed E-state index contributed by atoms with van der Waals surface area (Å²) in [5, 5.41) is 0. The Morgan fingerprint density at radius 1 is 1.11 bits per heavy atom. The van der Waals surface area contributed by atoms with Crippen LogP contribution in [-0.4, -0.2) is 7.25 Å². The number of hydrogen-bond acceptors (Lipinski definition) is 0. The van der Waals surface area contributed by atoms with Gasteiger partial charge in [-0.3, -0.25) is 0 Å². The lowest BCUT2D eigenvalue weighted by Crippen LogP contribution is -3.59. The van der Waals surface area contributed by atoms with Gasteiger partial charge in [-0.15, -0.1) is 0 Å². The predicted octanol–water partition coefficient (Wildman–Crippen LogP) is 1.25. The summed E-state index contributed by atoms with van der Waals surface area (Å²) in [5.41, 5.74) is 0. The summed E-state index contributed by atoms with van der Waals surface area (Å²) < 4.78 is 43.7. The molecule has 0 saturated carbocycles. The highest BCUT2D eigenvalue weighted by Crippen LogP contribution is 2.06. The molecular weight excluding hydrogens is 358 g/mol. The summed E-state index contributed by atoms with van der Waals surface area (Å²) in [6.07, 6.45) is 1.03. The minimum absolute atomic E-state index is 0.0663. The van der Waals surface area contributed by atoms with Crippen molar-refractivity contribution in [2.75, 3.05) is 0 Å². The molecule has 1 aromatic rings. The van der Waals surface area contributed by atoms with E-state index in [1.165, 1.54) is 3.57 Å². The van der Waals surface area contributed by atoms with Crippen LogP contribution in [0.5, 0.6) is 0 Å². The van der Waals surface area contributed by atoms with Crippen LogP contribution in [0.25, 0.3) is 0 Å². The fourth-order valence-electron chi connectivity index (χ4n) is 0.808. The molecule has 0 heterocycles. The molecule has 0 nitrogen and oxygen atoms in total. The maximum absolute atomic E-state index is 9.75. The van der Waals surface area contributed by atoms with Crippen molar-refractivity contribution >= 4 is 7.25 Å². The average molecular weight is 372 g/mol. The molecule has 0 saturated heterocycles. The summed E-state index contributed by atoms with van der Waals surface area (Å²) in [4.78, 5) is 0. The maximum Gasteiger partial charge on any atom is 0.673 e. The van der Waals surface area contributed by atoms with Gasteiger partial charge in [0.25, 0.3) is 0 Å². The van der Waals surface area contributed by atoms with Crippen LogP contribution in [0.2, 0.25) is 0 Å². The number of hydrogen-bond donors (Lipinski definition) is 0. The van der Waals surface area contributed by atoms with Crippen molar-refractivity contribution in [2.45, 2.75) is 20.3 Å². The Morgan fingerprint density at radius 3 is 2.06 bits per heavy atom. The van der Waals surface area contributed by atoms with Crippen molar-refractivity contribution in [3.63, 3.8) is 0 Å². The fourth-order valence-corrected chi connectivity index (χ4v) is 2.31. The summed E-state index contributed by atoms with van der Waals surface area (Å²) >= 11 is -0.0663. The van der Waals surface area contributed by atoms with Crippen LogP contribution in [0.1, 0.15) is 20.3 Å². The summed E-state index contributed by atoms with van der Waals surface area (Å²) in [7, 11) is -6.00. The van der Waals surface area contributed by atoms with Crippen molar-refractivity contribution in [3.05, 3.63) is 33.9 Å². The second-order valence-electron chi connectivity index (χ2n) is 3.75. The van der Waals surface area contributed by atoms with Crippen LogP contribution in [0.15, 0.2) is 30.3 Å². The topological polar surface area (TPSA) is 0 Å². The molecular formula is C12H14BF4I. The zero-order chi connectivity index (χ0) is 14.0. The molecule has 0 aliphatic carbocycles. The molecule has 0 N–H and O–H groups in total. The molecule has 0 amide bonds. The highest BCUT2D eigenvalue weighted by Gasteiger charge is 2.20. The van der Waals surface area contributed by atoms with Gasteiger partial charge in [-0.05, 0) is 24.0 Å². The van der Waals surface area contributed by atoms with E-state index in [9.17, 15) is 17.3 Å². The van der Waals surface area contributed by atoms with Gasteiger partial charge in [-0.25, -0.2) is 0 Å². The van der Waals surface area contributed by atoms with E-state index in [0.717, 1.165) is 6.42 Å². The lowest BCUT2D eigenvalue weighted by atomic mass is 10.1. The Bertz CT molecular complexity index is 373. The van der Waals surface area contributed by atoms with Crippen LogP contribution < -0.4 is 21.2 Å². The van der Waals surface area contributed by atoms with E-state index in [2.05, 4.69) is 54.0 Å². The maximum atomic E-state index is 9.75. The van der Waals surface area contributed by atoms with Gasteiger partial charge in [0.1, 0.15) is 0 Å². The van der Waals surface area contributed by atoms with Crippen LogP contribution in [0.4, 0.5) is 17.3 Å². The SMILES string of the molecule is CC(C)CC#C[I+]c1ccccc1.F[B-](F)(F)F. The molecule has 0 aliphatic heterocycles. The second kappa shape index (κ2) is 9.25. The van der Waals surface area contributed by atoms with Gasteiger partial charge in [0.2, 0.25) is 3.57 Å². The van der Waals surface area contributed by atoms with Crippen molar-refractivity contribution in [1.29, 1.82) is 0 Å². The number of benzene rings is 1. The van der Waals surface area contributed by atoms with E-state index in [1.54, 1.807) is 0 Å². The minimum Gasteiger partial charge on any atom is -0.418 e. The summed E-state index contributed by atoms with van der Waals surface area (Å²) in [5.74, 6) is 3.93. The zero-order valence-corrected chi connectivity index (χ0v) is 12.3. The average Bonchev–Trinajstić information content (AvgIpc) is 2.23. The van der Waals surface area contributed by atoms with Crippen molar-refractivity contribution in [2.24, 2.45) is 5.92 Å². The Kier molecular flexibility index (Phi) is 8.89. The molecule has 1 aromatic carbocycles. The van der Waals surface area contributed by atoms with Crippen molar-refractivity contribution in [1.82, 2.24) is 0 Å². The van der Waals surface area contributed by atoms with Gasteiger partial charge in [0.15, 0.2) is 3.93 Å². The predicted molar refractivity (Wildman–Crippen MR) is 62.6 cm³/mol. The van der Waals surface area contributed by atoms with E-state index >= 15 is 0 Å². The van der Waals surface area contributed by atoms with Gasteiger partial charge in [-0.1, -0.05) is 32.0 Å². The quantitative estimate of drug-likeness (QED) is 0.318. The Balaban J connectivity index is 0.000000494. The van der Waals surface area contributed by atoms with Gasteiger partial charge < -0.3 is 17.3 Å². The first-order chi connectivity index (χ1) is 8.29. The van der Waals surface area contributed by atoms with Gasteiger partial charge in [-0.2, -0.15) is 0 Å². The summed E-state index contributed by atoms with van der Waals surface area (Å²) in [6, 6.07) is 10.5. The molecule has 0 spiro atoms. The Hall–Kier alpha value is -0.705. The normalized spacial score (nSPS) is 10.2. The standard InChI is InChI=1S/C12H14I.BF4/c1-11(2)7-6-10-13-12-8-4-3-5-9-12;2-1(3,4)5/h3-5,8-9,11H,7H2,1-2H3;/q+1;-1. The van der Waals surface area contributed by atoms with E-state index in [-0.39, 0.29) is 21.2 Å². The molecule has 0 atom stereocenters. The smallest absolute Gasteiger partial charge is 0.418 e. The first kappa shape index (κ1) is 17.3. The molecule has 0 unspecified atom stereocenters. The van der Waals surface area contributed by atoms with Crippen LogP contribution in [0.3, 0.4) is 0 Å². The molecule has 18 heavy (non-hydrogen) atoms. The molecule has 6 heteroatoms. The van der Waals surface area contributed by atoms with Gasteiger partial charge >= 0.3 is 28.5 Å². The first-order valence-corrected chi connectivity index (χ1v) is 7.49. The first-order valence-electron chi connectivity index (χ1n) is 5.33. The zero-order valence-electron chi connectivity index (χ0n) is 10.1. The monoisotopic (exact) mass is 372 g/mol. The van der Waals surface area contributed by atoms with Crippen molar-refractivity contribution in [3.8, 4) is 9.85 Å². The van der Waals surface area contributed by atoms with Crippen LogP contribution in [-0.2, 0) is 0 Å². The fraction of sp³-hybridized carbons (Fsp3) is 0.333. The lowest BCUT2D eigenvalue weighted by Gasteiger charge is -1.94. The Labute approximate surface area is 116 Å². The van der Waals surface area contributed by atoms with Crippen LogP contribution >= 0.6 is 0 Å². The lowest BCUT2D eigenvalue weighted by molar-refractivity contribution is -0.535. The van der Waals surface area contributed by atoms with E-state index in [4.69, 9.17) is 0 Å². The van der Waals surface area contributed by atoms with E-state index < -0.39 is 7.25 Å². The van der Waals surface area contributed by atoms with Crippen LogP contribution in [0, 0.1) is 19.3 Å². The molecule has 0 fully saturated rings. The molecule has 0 aliphatic rings. The van der Waals surface area contributed by atoms with E-state index in [1.807, 2.05) is 0 Å². The molecule has 1 rings (SSSR count). The third-order valence-electron chi connectivity index (χ3n) is 1.47. The third kappa shape index (κ3) is 15.3. The number of rotatable bonds is 2. The third-order valence-corrected chi connectivity index (χ3v) is 3.46. The molecule has 0 aromatic heterocycles. The molecule has 100 valence electrons. The minimum atomic E-state index is -6.00. The van der Waals surface area contributed by atoms with Gasteiger partial charge in [0, 0.05) is 6.42 Å². The highest BCUT2D eigenvalue weighted by molar-refractivity contribution is 6.50. The van der Waals surface area contributed by atoms with Crippen molar-refractivity contribution < 1.29 is 38.5 Å². The molecule has 0 radical (unpaired) electrons. The number of halogens is 5. The van der Waals surface area contributed by atoms with E-state index in [0.29, 0.717) is 5.92 Å². The summed E-state index contributed by atoms with van der Waals surface area (Å²) in [6.45, 7) is 4.41.